The van der Waals surface area contributed by atoms with Gasteiger partial charge in [0.25, 0.3) is 0 Å². The summed E-state index contributed by atoms with van der Waals surface area (Å²) in [5.74, 6) is -0.221. The van der Waals surface area contributed by atoms with Crippen molar-refractivity contribution in [3.63, 3.8) is 0 Å². The van der Waals surface area contributed by atoms with E-state index in [0.29, 0.717) is 10.0 Å². The lowest BCUT2D eigenvalue weighted by Gasteiger charge is -2.12. The van der Waals surface area contributed by atoms with Crippen molar-refractivity contribution in [2.75, 3.05) is 0 Å². The van der Waals surface area contributed by atoms with Gasteiger partial charge >= 0.3 is 0 Å². The molecular formula is C11H12BrFO2. The fraction of sp³-hybridized carbons (Fsp3) is 0.455. The lowest BCUT2D eigenvalue weighted by atomic mass is 10.0. The molecule has 1 aromatic rings. The van der Waals surface area contributed by atoms with Gasteiger partial charge in [0.1, 0.15) is 12.2 Å². The summed E-state index contributed by atoms with van der Waals surface area (Å²) in [7, 11) is 0. The highest BCUT2D eigenvalue weighted by atomic mass is 79.9. The molecule has 1 aromatic carbocycles. The van der Waals surface area contributed by atoms with E-state index in [0.717, 1.165) is 12.8 Å². The average molecular weight is 275 g/mol. The smallest absolute Gasteiger partial charge is 0.166 e. The molecule has 1 aliphatic heterocycles. The molecule has 0 saturated carbocycles. The van der Waals surface area contributed by atoms with Crippen LogP contribution in [0, 0.1) is 5.82 Å². The maximum Gasteiger partial charge on any atom is 0.166 e. The van der Waals surface area contributed by atoms with Crippen molar-refractivity contribution < 1.29 is 14.2 Å². The Balaban J connectivity index is 2.36. The molecule has 1 heterocycles. The van der Waals surface area contributed by atoms with Crippen molar-refractivity contribution in [1.29, 1.82) is 0 Å². The largest absolute Gasteiger partial charge is 0.484 e. The van der Waals surface area contributed by atoms with Crippen LogP contribution >= 0.6 is 15.9 Å². The summed E-state index contributed by atoms with van der Waals surface area (Å²) >= 11 is 3.20. The molecule has 1 N–H and O–H groups in total. The van der Waals surface area contributed by atoms with Crippen molar-refractivity contribution in [3.05, 3.63) is 28.0 Å². The Morgan fingerprint density at radius 2 is 2.27 bits per heavy atom. The number of hydrogen-bond donors (Lipinski definition) is 1. The molecule has 4 heteroatoms. The standard InChI is InChI=1S/C11H12BrFO2/c1-2-3-9-10(14)7-4-6(12)5-8(13)11(7)15-9/h4-5,9-10,14H,2-3H2,1H3. The molecule has 82 valence electrons. The molecule has 1 aliphatic rings. The van der Waals surface area contributed by atoms with Gasteiger partial charge in [-0.1, -0.05) is 29.3 Å². The maximum absolute atomic E-state index is 13.5. The number of halogens is 2. The van der Waals surface area contributed by atoms with Gasteiger partial charge in [-0.25, -0.2) is 4.39 Å². The van der Waals surface area contributed by atoms with Crippen LogP contribution in [0.15, 0.2) is 16.6 Å². The van der Waals surface area contributed by atoms with Crippen LogP contribution in [0.25, 0.3) is 0 Å². The molecule has 2 rings (SSSR count). The Labute approximate surface area is 96.2 Å². The van der Waals surface area contributed by atoms with E-state index < -0.39 is 11.9 Å². The van der Waals surface area contributed by atoms with Crippen LogP contribution in [0.4, 0.5) is 4.39 Å². The monoisotopic (exact) mass is 274 g/mol. The molecule has 15 heavy (non-hydrogen) atoms. The predicted octanol–water partition coefficient (Wildman–Crippen LogP) is 3.18. The van der Waals surface area contributed by atoms with Crippen LogP contribution in [-0.2, 0) is 0 Å². The third-order valence-electron chi connectivity index (χ3n) is 2.55. The molecule has 2 atom stereocenters. The highest BCUT2D eigenvalue weighted by Crippen LogP contribution is 2.41. The number of fused-ring (bicyclic) bond motifs is 1. The van der Waals surface area contributed by atoms with E-state index >= 15 is 0 Å². The fourth-order valence-electron chi connectivity index (χ4n) is 1.84. The lowest BCUT2D eigenvalue weighted by Crippen LogP contribution is -2.17. The third kappa shape index (κ3) is 1.88. The van der Waals surface area contributed by atoms with Gasteiger partial charge in [0.05, 0.1) is 0 Å². The van der Waals surface area contributed by atoms with Crippen LogP contribution in [0.5, 0.6) is 5.75 Å². The summed E-state index contributed by atoms with van der Waals surface area (Å²) < 4.78 is 19.5. The van der Waals surface area contributed by atoms with Gasteiger partial charge in [-0.05, 0) is 18.6 Å². The van der Waals surface area contributed by atoms with E-state index in [1.54, 1.807) is 6.07 Å². The molecule has 0 fully saturated rings. The van der Waals surface area contributed by atoms with Gasteiger partial charge in [-0.3, -0.25) is 0 Å². The minimum Gasteiger partial charge on any atom is -0.484 e. The second-order valence-corrected chi connectivity index (χ2v) is 4.61. The first-order valence-corrected chi connectivity index (χ1v) is 5.76. The summed E-state index contributed by atoms with van der Waals surface area (Å²) in [6, 6.07) is 3.05. The van der Waals surface area contributed by atoms with Gasteiger partial charge < -0.3 is 9.84 Å². The summed E-state index contributed by atoms with van der Waals surface area (Å²) in [6.07, 6.45) is 0.603. The van der Waals surface area contributed by atoms with Crippen LogP contribution in [0.3, 0.4) is 0 Å². The molecule has 0 bridgehead atoms. The third-order valence-corrected chi connectivity index (χ3v) is 3.01. The van der Waals surface area contributed by atoms with Crippen molar-refractivity contribution >= 4 is 15.9 Å². The number of rotatable bonds is 2. The predicted molar refractivity (Wildman–Crippen MR) is 58.4 cm³/mol. The van der Waals surface area contributed by atoms with Crippen molar-refractivity contribution in [3.8, 4) is 5.75 Å². The van der Waals surface area contributed by atoms with E-state index in [9.17, 15) is 9.50 Å². The van der Waals surface area contributed by atoms with Crippen LogP contribution in [0.2, 0.25) is 0 Å². The molecule has 0 saturated heterocycles. The molecule has 0 spiro atoms. The SMILES string of the molecule is CCCC1Oc2c(F)cc(Br)cc2C1O. The van der Waals surface area contributed by atoms with Gasteiger partial charge in [0.2, 0.25) is 0 Å². The first-order chi connectivity index (χ1) is 7.13. The van der Waals surface area contributed by atoms with Gasteiger partial charge in [0.15, 0.2) is 11.6 Å². The zero-order valence-corrected chi connectivity index (χ0v) is 9.92. The highest BCUT2D eigenvalue weighted by molar-refractivity contribution is 9.10. The van der Waals surface area contributed by atoms with E-state index in [4.69, 9.17) is 4.74 Å². The number of ether oxygens (including phenoxy) is 1. The van der Waals surface area contributed by atoms with Gasteiger partial charge in [-0.2, -0.15) is 0 Å². The number of hydrogen-bond acceptors (Lipinski definition) is 2. The molecule has 0 amide bonds. The normalized spacial score (nSPS) is 23.7. The van der Waals surface area contributed by atoms with E-state index in [2.05, 4.69) is 15.9 Å². The maximum atomic E-state index is 13.5. The Bertz CT molecular complexity index is 381. The fourth-order valence-corrected chi connectivity index (χ4v) is 2.29. The van der Waals surface area contributed by atoms with Crippen LogP contribution in [-0.4, -0.2) is 11.2 Å². The van der Waals surface area contributed by atoms with E-state index in [1.165, 1.54) is 6.07 Å². The van der Waals surface area contributed by atoms with Crippen molar-refractivity contribution in [2.24, 2.45) is 0 Å². The Morgan fingerprint density at radius 3 is 2.93 bits per heavy atom. The van der Waals surface area contributed by atoms with E-state index in [-0.39, 0.29) is 11.9 Å². The minimum atomic E-state index is -0.716. The van der Waals surface area contributed by atoms with Crippen LogP contribution < -0.4 is 4.74 Å². The minimum absolute atomic E-state index is 0.198. The average Bonchev–Trinajstić information content (AvgIpc) is 2.47. The summed E-state index contributed by atoms with van der Waals surface area (Å²) in [6.45, 7) is 2.01. The Kier molecular flexibility index (Phi) is 2.98. The molecular weight excluding hydrogens is 263 g/mol. The van der Waals surface area contributed by atoms with E-state index in [1.807, 2.05) is 6.92 Å². The van der Waals surface area contributed by atoms with Gasteiger partial charge in [-0.15, -0.1) is 0 Å². The molecule has 2 unspecified atom stereocenters. The quantitative estimate of drug-likeness (QED) is 0.898. The number of benzene rings is 1. The molecule has 0 radical (unpaired) electrons. The Hall–Kier alpha value is -0.610. The second-order valence-electron chi connectivity index (χ2n) is 3.70. The highest BCUT2D eigenvalue weighted by Gasteiger charge is 2.34. The Morgan fingerprint density at radius 1 is 1.53 bits per heavy atom. The van der Waals surface area contributed by atoms with Gasteiger partial charge in [0, 0.05) is 10.0 Å². The summed E-state index contributed by atoms with van der Waals surface area (Å²) in [4.78, 5) is 0. The first-order valence-electron chi connectivity index (χ1n) is 4.97. The molecule has 0 aromatic heterocycles. The number of aliphatic hydroxyl groups is 1. The first kappa shape index (κ1) is 10.9. The summed E-state index contributed by atoms with van der Waals surface area (Å²) in [5.41, 5.74) is 0.542. The molecule has 2 nitrogen and oxygen atoms in total. The zero-order chi connectivity index (χ0) is 11.0. The number of aliphatic hydroxyl groups excluding tert-OH is 1. The topological polar surface area (TPSA) is 29.5 Å². The second kappa shape index (κ2) is 4.10. The van der Waals surface area contributed by atoms with Crippen molar-refractivity contribution in [1.82, 2.24) is 0 Å². The zero-order valence-electron chi connectivity index (χ0n) is 8.34. The molecule has 0 aliphatic carbocycles. The van der Waals surface area contributed by atoms with Crippen LogP contribution in [0.1, 0.15) is 31.4 Å². The lowest BCUT2D eigenvalue weighted by molar-refractivity contribution is 0.0604. The summed E-state index contributed by atoms with van der Waals surface area (Å²) in [5, 5.41) is 9.91. The van der Waals surface area contributed by atoms with Crippen molar-refractivity contribution in [2.45, 2.75) is 32.0 Å².